The zero-order valence-electron chi connectivity index (χ0n) is 16.5. The van der Waals surface area contributed by atoms with Gasteiger partial charge in [0, 0.05) is 19.2 Å². The summed E-state index contributed by atoms with van der Waals surface area (Å²) in [6.45, 7) is 0.144. The predicted octanol–water partition coefficient (Wildman–Crippen LogP) is 5.00. The van der Waals surface area contributed by atoms with Gasteiger partial charge in [0.25, 0.3) is 5.91 Å². The molecule has 0 aromatic heterocycles. The molecule has 0 radical (unpaired) electrons. The van der Waals surface area contributed by atoms with E-state index in [9.17, 15) is 14.0 Å². The lowest BCUT2D eigenvalue weighted by Crippen LogP contribution is -2.34. The molecule has 1 atom stereocenters. The van der Waals surface area contributed by atoms with Gasteiger partial charge >= 0.3 is 0 Å². The summed E-state index contributed by atoms with van der Waals surface area (Å²) < 4.78 is 13.9. The number of nitrogens with zero attached hydrogens (tertiary/aromatic N) is 1. The summed E-state index contributed by atoms with van der Waals surface area (Å²) in [4.78, 5) is 27.1. The number of amides is 2. The highest BCUT2D eigenvalue weighted by Gasteiger charge is 2.22. The van der Waals surface area contributed by atoms with E-state index < -0.39 is 6.04 Å². The Morgan fingerprint density at radius 1 is 0.967 bits per heavy atom. The molecule has 154 valence electrons. The van der Waals surface area contributed by atoms with E-state index in [0.29, 0.717) is 16.1 Å². The molecule has 0 bridgehead atoms. The molecule has 4 nitrogen and oxygen atoms in total. The van der Waals surface area contributed by atoms with Crippen molar-refractivity contribution < 1.29 is 14.0 Å². The summed E-state index contributed by atoms with van der Waals surface area (Å²) in [7, 11) is 1.62. The molecular weight excluding hydrogens is 403 g/mol. The van der Waals surface area contributed by atoms with Crippen molar-refractivity contribution in [3.8, 4) is 0 Å². The summed E-state index contributed by atoms with van der Waals surface area (Å²) >= 11 is 6.14. The number of benzene rings is 3. The Morgan fingerprint density at radius 2 is 1.60 bits per heavy atom. The molecule has 2 amide bonds. The molecule has 3 aromatic rings. The second-order valence-electron chi connectivity index (χ2n) is 6.96. The number of hydrogen-bond donors (Lipinski definition) is 1. The quantitative estimate of drug-likeness (QED) is 0.580. The monoisotopic (exact) mass is 424 g/mol. The van der Waals surface area contributed by atoms with Crippen LogP contribution in [-0.2, 0) is 11.3 Å². The average molecular weight is 425 g/mol. The molecule has 0 aliphatic heterocycles. The van der Waals surface area contributed by atoms with E-state index >= 15 is 0 Å². The Bertz CT molecular complexity index is 1030. The number of hydrogen-bond acceptors (Lipinski definition) is 2. The minimum atomic E-state index is -0.550. The van der Waals surface area contributed by atoms with Gasteiger partial charge in [-0.2, -0.15) is 0 Å². The minimum absolute atomic E-state index is 0.0329. The van der Waals surface area contributed by atoms with Crippen LogP contribution < -0.4 is 5.32 Å². The fraction of sp³-hybridized carbons (Fsp3) is 0.167. The van der Waals surface area contributed by atoms with E-state index in [-0.39, 0.29) is 30.6 Å². The Labute approximate surface area is 180 Å². The molecule has 0 aliphatic rings. The van der Waals surface area contributed by atoms with Gasteiger partial charge in [0.2, 0.25) is 5.91 Å². The van der Waals surface area contributed by atoms with Crippen molar-refractivity contribution in [1.82, 2.24) is 10.2 Å². The van der Waals surface area contributed by atoms with E-state index in [1.165, 1.54) is 11.0 Å². The number of carbonyl (C=O) groups is 2. The van der Waals surface area contributed by atoms with Crippen molar-refractivity contribution in [2.24, 2.45) is 0 Å². The lowest BCUT2D eigenvalue weighted by atomic mass is 10.0. The highest BCUT2D eigenvalue weighted by atomic mass is 35.5. The van der Waals surface area contributed by atoms with E-state index in [2.05, 4.69) is 5.32 Å². The molecule has 30 heavy (non-hydrogen) atoms. The molecule has 0 fully saturated rings. The van der Waals surface area contributed by atoms with Gasteiger partial charge < -0.3 is 10.2 Å². The summed E-state index contributed by atoms with van der Waals surface area (Å²) in [5, 5.41) is 3.24. The third kappa shape index (κ3) is 5.45. The SMILES string of the molecule is CN(Cc1ccccc1F)C(=O)CC(NC(=O)c1ccccc1Cl)c1ccccc1. The smallest absolute Gasteiger partial charge is 0.253 e. The third-order valence-electron chi connectivity index (χ3n) is 4.80. The van der Waals surface area contributed by atoms with Crippen LogP contribution >= 0.6 is 11.6 Å². The molecule has 0 saturated heterocycles. The molecule has 3 aromatic carbocycles. The first-order chi connectivity index (χ1) is 14.5. The Hall–Kier alpha value is -3.18. The highest BCUT2D eigenvalue weighted by molar-refractivity contribution is 6.33. The van der Waals surface area contributed by atoms with Gasteiger partial charge in [-0.15, -0.1) is 0 Å². The predicted molar refractivity (Wildman–Crippen MR) is 116 cm³/mol. The van der Waals surface area contributed by atoms with Crippen molar-refractivity contribution in [2.75, 3.05) is 7.05 Å². The van der Waals surface area contributed by atoms with Gasteiger partial charge in [0.15, 0.2) is 0 Å². The van der Waals surface area contributed by atoms with Gasteiger partial charge in [-0.25, -0.2) is 4.39 Å². The topological polar surface area (TPSA) is 49.4 Å². The highest BCUT2D eigenvalue weighted by Crippen LogP contribution is 2.21. The third-order valence-corrected chi connectivity index (χ3v) is 5.13. The van der Waals surface area contributed by atoms with Gasteiger partial charge in [0.05, 0.1) is 23.0 Å². The Balaban J connectivity index is 1.76. The van der Waals surface area contributed by atoms with Gasteiger partial charge in [-0.1, -0.05) is 72.3 Å². The summed E-state index contributed by atoms with van der Waals surface area (Å²) in [5.74, 6) is -0.936. The number of nitrogens with one attached hydrogen (secondary N) is 1. The fourth-order valence-corrected chi connectivity index (χ4v) is 3.34. The molecule has 3 rings (SSSR count). The van der Waals surface area contributed by atoms with Gasteiger partial charge in [-0.3, -0.25) is 9.59 Å². The summed E-state index contributed by atoms with van der Waals surface area (Å²) in [6, 6.07) is 21.8. The standard InChI is InChI=1S/C24H22ClFN2O2/c1-28(16-18-11-5-8-14-21(18)26)23(29)15-22(17-9-3-2-4-10-17)27-24(30)19-12-6-7-13-20(19)25/h2-14,22H,15-16H2,1H3,(H,27,30). The van der Waals surface area contributed by atoms with Crippen LogP contribution in [0.25, 0.3) is 0 Å². The van der Waals surface area contributed by atoms with Crippen molar-refractivity contribution in [2.45, 2.75) is 19.0 Å². The van der Waals surface area contributed by atoms with E-state index in [4.69, 9.17) is 11.6 Å². The average Bonchev–Trinajstić information content (AvgIpc) is 2.75. The molecule has 0 spiro atoms. The minimum Gasteiger partial charge on any atom is -0.345 e. The van der Waals surface area contributed by atoms with E-state index in [1.807, 2.05) is 30.3 Å². The maximum atomic E-state index is 13.9. The first-order valence-corrected chi connectivity index (χ1v) is 9.91. The Morgan fingerprint density at radius 3 is 2.30 bits per heavy atom. The second-order valence-corrected chi connectivity index (χ2v) is 7.37. The first-order valence-electron chi connectivity index (χ1n) is 9.53. The lowest BCUT2D eigenvalue weighted by molar-refractivity contribution is -0.131. The zero-order chi connectivity index (χ0) is 21.5. The lowest BCUT2D eigenvalue weighted by Gasteiger charge is -2.23. The van der Waals surface area contributed by atoms with Crippen LogP contribution in [0.15, 0.2) is 78.9 Å². The molecular formula is C24H22ClFN2O2. The summed E-state index contributed by atoms with van der Waals surface area (Å²) in [6.07, 6.45) is 0.0329. The van der Waals surface area contributed by atoms with Crippen LogP contribution in [0.5, 0.6) is 0 Å². The molecule has 1 N–H and O–H groups in total. The molecule has 0 heterocycles. The summed E-state index contributed by atoms with van der Waals surface area (Å²) in [5.41, 5.74) is 1.57. The van der Waals surface area contributed by atoms with Crippen molar-refractivity contribution >= 4 is 23.4 Å². The molecule has 0 aliphatic carbocycles. The van der Waals surface area contributed by atoms with Crippen LogP contribution in [0, 0.1) is 5.82 Å². The molecule has 1 unspecified atom stereocenters. The second kappa shape index (κ2) is 10.0. The van der Waals surface area contributed by atoms with E-state index in [0.717, 1.165) is 5.56 Å². The fourth-order valence-electron chi connectivity index (χ4n) is 3.12. The zero-order valence-corrected chi connectivity index (χ0v) is 17.3. The van der Waals surface area contributed by atoms with Crippen LogP contribution in [0.3, 0.4) is 0 Å². The molecule has 0 saturated carbocycles. The first kappa shape index (κ1) is 21.5. The normalized spacial score (nSPS) is 11.6. The largest absolute Gasteiger partial charge is 0.345 e. The maximum Gasteiger partial charge on any atom is 0.253 e. The van der Waals surface area contributed by atoms with Crippen molar-refractivity contribution in [3.05, 3.63) is 106 Å². The number of halogens is 2. The van der Waals surface area contributed by atoms with Crippen LogP contribution in [0.4, 0.5) is 4.39 Å². The van der Waals surface area contributed by atoms with Crippen LogP contribution in [-0.4, -0.2) is 23.8 Å². The van der Waals surface area contributed by atoms with Gasteiger partial charge in [-0.05, 0) is 23.8 Å². The van der Waals surface area contributed by atoms with Crippen molar-refractivity contribution in [3.63, 3.8) is 0 Å². The molecule has 6 heteroatoms. The number of carbonyl (C=O) groups excluding carboxylic acids is 2. The van der Waals surface area contributed by atoms with Gasteiger partial charge in [0.1, 0.15) is 5.82 Å². The van der Waals surface area contributed by atoms with Crippen LogP contribution in [0.2, 0.25) is 5.02 Å². The van der Waals surface area contributed by atoms with Crippen LogP contribution in [0.1, 0.15) is 33.9 Å². The number of rotatable bonds is 7. The van der Waals surface area contributed by atoms with E-state index in [1.54, 1.807) is 49.5 Å². The maximum absolute atomic E-state index is 13.9. The van der Waals surface area contributed by atoms with Crippen molar-refractivity contribution in [1.29, 1.82) is 0 Å². The Kier molecular flexibility index (Phi) is 7.20.